The molecule has 2 rings (SSSR count). The summed E-state index contributed by atoms with van der Waals surface area (Å²) in [6.45, 7) is 4.56. The van der Waals surface area contributed by atoms with Crippen molar-refractivity contribution in [1.82, 2.24) is 4.90 Å². The Morgan fingerprint density at radius 2 is 2.22 bits per heavy atom. The summed E-state index contributed by atoms with van der Waals surface area (Å²) in [4.78, 5) is 2.31. The number of rotatable bonds is 3. The molecule has 2 nitrogen and oxygen atoms in total. The number of nitrogens with zero attached hydrogens (tertiary/aromatic N) is 1. The monoisotopic (exact) mass is 336 g/mol. The minimum Gasteiger partial charge on any atom is -0.330 e. The molecule has 0 aromatic heterocycles. The molecule has 1 aliphatic rings. The number of likely N-dealkylation sites (tertiary alicyclic amines) is 1. The average molecular weight is 338 g/mol. The summed E-state index contributed by atoms with van der Waals surface area (Å²) in [7, 11) is 0. The number of benzene rings is 1. The minimum atomic E-state index is -0.128. The number of halogens is 3. The van der Waals surface area contributed by atoms with E-state index in [-0.39, 0.29) is 18.2 Å². The Hall–Kier alpha value is -0.160. The third-order valence-corrected chi connectivity index (χ3v) is 4.00. The molecule has 0 spiro atoms. The van der Waals surface area contributed by atoms with E-state index in [4.69, 9.17) is 5.73 Å². The molecule has 0 radical (unpaired) electrons. The highest BCUT2D eigenvalue weighted by Crippen LogP contribution is 2.25. The molecule has 0 bridgehead atoms. The molecule has 0 saturated carbocycles. The first-order valence-electron chi connectivity index (χ1n) is 5.98. The van der Waals surface area contributed by atoms with Crippen LogP contribution in [0.15, 0.2) is 22.7 Å². The van der Waals surface area contributed by atoms with E-state index in [2.05, 4.69) is 27.8 Å². The van der Waals surface area contributed by atoms with Crippen molar-refractivity contribution in [2.75, 3.05) is 13.1 Å². The predicted molar refractivity (Wildman–Crippen MR) is 78.4 cm³/mol. The quantitative estimate of drug-likeness (QED) is 0.918. The summed E-state index contributed by atoms with van der Waals surface area (Å²) < 4.78 is 14.6. The van der Waals surface area contributed by atoms with Crippen molar-refractivity contribution in [1.29, 1.82) is 0 Å². The lowest BCUT2D eigenvalue weighted by molar-refractivity contribution is 0.252. The summed E-state index contributed by atoms with van der Waals surface area (Å²) in [6, 6.07) is 5.59. The number of hydrogen-bond donors (Lipinski definition) is 1. The van der Waals surface area contributed by atoms with Crippen LogP contribution in [0.1, 0.15) is 18.9 Å². The fraction of sp³-hybridized carbons (Fsp3) is 0.538. The average Bonchev–Trinajstić information content (AvgIpc) is 2.65. The van der Waals surface area contributed by atoms with Crippen molar-refractivity contribution < 1.29 is 4.39 Å². The van der Waals surface area contributed by atoms with Crippen LogP contribution in [0, 0.1) is 11.7 Å². The maximum Gasteiger partial charge on any atom is 0.127 e. The summed E-state index contributed by atoms with van der Waals surface area (Å²) in [5, 5.41) is 0. The normalized spacial score (nSPS) is 24.0. The van der Waals surface area contributed by atoms with Gasteiger partial charge in [0.05, 0.1) is 0 Å². The van der Waals surface area contributed by atoms with Gasteiger partial charge in [0, 0.05) is 29.2 Å². The third kappa shape index (κ3) is 3.67. The first-order valence-corrected chi connectivity index (χ1v) is 6.77. The van der Waals surface area contributed by atoms with Gasteiger partial charge in [-0.15, -0.1) is 12.4 Å². The van der Waals surface area contributed by atoms with E-state index in [0.29, 0.717) is 18.5 Å². The van der Waals surface area contributed by atoms with Crippen LogP contribution in [0.25, 0.3) is 0 Å². The van der Waals surface area contributed by atoms with Gasteiger partial charge >= 0.3 is 0 Å². The van der Waals surface area contributed by atoms with E-state index < -0.39 is 0 Å². The molecule has 1 heterocycles. The van der Waals surface area contributed by atoms with Gasteiger partial charge in [0.2, 0.25) is 0 Å². The summed E-state index contributed by atoms with van der Waals surface area (Å²) in [5.74, 6) is 0.428. The Morgan fingerprint density at radius 1 is 1.50 bits per heavy atom. The van der Waals surface area contributed by atoms with Crippen molar-refractivity contribution in [3.8, 4) is 0 Å². The van der Waals surface area contributed by atoms with E-state index in [1.807, 2.05) is 6.07 Å². The zero-order valence-corrected chi connectivity index (χ0v) is 12.8. The first kappa shape index (κ1) is 15.9. The molecule has 0 amide bonds. The molecule has 18 heavy (non-hydrogen) atoms. The third-order valence-electron chi connectivity index (χ3n) is 3.51. The maximum atomic E-state index is 13.7. The van der Waals surface area contributed by atoms with Crippen molar-refractivity contribution in [3.05, 3.63) is 34.1 Å². The molecule has 1 aromatic rings. The molecule has 2 N–H and O–H groups in total. The van der Waals surface area contributed by atoms with Crippen LogP contribution >= 0.6 is 28.3 Å². The predicted octanol–water partition coefficient (Wildman–Crippen LogP) is 3.18. The standard InChI is InChI=1S/C13H18BrFN2.ClH/c1-9-4-10(6-16)7-17(9)8-11-5-12(14)2-3-13(11)15;/h2-3,5,9-10H,4,6-8,16H2,1H3;1H. The summed E-state index contributed by atoms with van der Waals surface area (Å²) in [5.41, 5.74) is 6.45. The van der Waals surface area contributed by atoms with Gasteiger partial charge in [0.1, 0.15) is 5.82 Å². The van der Waals surface area contributed by atoms with Gasteiger partial charge in [-0.2, -0.15) is 0 Å². The first-order chi connectivity index (χ1) is 8.10. The van der Waals surface area contributed by atoms with Gasteiger partial charge in [0.25, 0.3) is 0 Å². The van der Waals surface area contributed by atoms with Crippen LogP contribution in [-0.2, 0) is 6.54 Å². The van der Waals surface area contributed by atoms with Crippen molar-refractivity contribution >= 4 is 28.3 Å². The van der Waals surface area contributed by atoms with Gasteiger partial charge in [-0.1, -0.05) is 15.9 Å². The highest BCUT2D eigenvalue weighted by Gasteiger charge is 2.28. The molecule has 2 unspecified atom stereocenters. The van der Waals surface area contributed by atoms with E-state index in [0.717, 1.165) is 29.5 Å². The molecule has 2 atom stereocenters. The molecule has 1 aliphatic heterocycles. The Bertz CT molecular complexity index is 403. The smallest absolute Gasteiger partial charge is 0.127 e. The molecule has 0 aliphatic carbocycles. The van der Waals surface area contributed by atoms with Gasteiger partial charge in [0.15, 0.2) is 0 Å². The highest BCUT2D eigenvalue weighted by molar-refractivity contribution is 9.10. The largest absolute Gasteiger partial charge is 0.330 e. The number of nitrogens with two attached hydrogens (primary N) is 1. The lowest BCUT2D eigenvalue weighted by Crippen LogP contribution is -2.27. The van der Waals surface area contributed by atoms with Gasteiger partial charge in [-0.25, -0.2) is 4.39 Å². The van der Waals surface area contributed by atoms with Crippen LogP contribution in [-0.4, -0.2) is 24.0 Å². The topological polar surface area (TPSA) is 29.3 Å². The van der Waals surface area contributed by atoms with Gasteiger partial charge < -0.3 is 5.73 Å². The zero-order valence-electron chi connectivity index (χ0n) is 10.4. The van der Waals surface area contributed by atoms with E-state index in [1.54, 1.807) is 6.07 Å². The maximum absolute atomic E-state index is 13.7. The highest BCUT2D eigenvalue weighted by atomic mass is 79.9. The second-order valence-electron chi connectivity index (χ2n) is 4.85. The Balaban J connectivity index is 0.00000162. The minimum absolute atomic E-state index is 0. The Labute approximate surface area is 122 Å². The molecule has 1 saturated heterocycles. The van der Waals surface area contributed by atoms with Crippen LogP contribution < -0.4 is 5.73 Å². The second kappa shape index (κ2) is 6.85. The van der Waals surface area contributed by atoms with Crippen LogP contribution in [0.3, 0.4) is 0 Å². The Kier molecular flexibility index (Phi) is 6.05. The summed E-state index contributed by atoms with van der Waals surface area (Å²) in [6.07, 6.45) is 1.12. The molecule has 1 aromatic carbocycles. The fourth-order valence-corrected chi connectivity index (χ4v) is 2.90. The van der Waals surface area contributed by atoms with Crippen LogP contribution in [0.5, 0.6) is 0 Å². The SMILES string of the molecule is CC1CC(CN)CN1Cc1cc(Br)ccc1F.Cl. The van der Waals surface area contributed by atoms with E-state index in [9.17, 15) is 4.39 Å². The fourth-order valence-electron chi connectivity index (χ4n) is 2.49. The zero-order chi connectivity index (χ0) is 12.4. The number of hydrogen-bond acceptors (Lipinski definition) is 2. The molecule has 102 valence electrons. The van der Waals surface area contributed by atoms with E-state index >= 15 is 0 Å². The van der Waals surface area contributed by atoms with Crippen molar-refractivity contribution in [2.45, 2.75) is 25.9 Å². The molecular formula is C13H19BrClFN2. The van der Waals surface area contributed by atoms with Gasteiger partial charge in [-0.3, -0.25) is 4.90 Å². The lowest BCUT2D eigenvalue weighted by Gasteiger charge is -2.21. The molecule has 5 heteroatoms. The summed E-state index contributed by atoms with van der Waals surface area (Å²) >= 11 is 3.38. The second-order valence-corrected chi connectivity index (χ2v) is 5.77. The molecule has 1 fully saturated rings. The lowest BCUT2D eigenvalue weighted by atomic mass is 10.1. The van der Waals surface area contributed by atoms with Crippen LogP contribution in [0.4, 0.5) is 4.39 Å². The Morgan fingerprint density at radius 3 is 2.83 bits per heavy atom. The van der Waals surface area contributed by atoms with Crippen molar-refractivity contribution in [3.63, 3.8) is 0 Å². The molecular weight excluding hydrogens is 319 g/mol. The van der Waals surface area contributed by atoms with Crippen LogP contribution in [0.2, 0.25) is 0 Å². The van der Waals surface area contributed by atoms with Crippen molar-refractivity contribution in [2.24, 2.45) is 11.7 Å². The van der Waals surface area contributed by atoms with Gasteiger partial charge in [-0.05, 0) is 44.0 Å². The van der Waals surface area contributed by atoms with E-state index in [1.165, 1.54) is 6.07 Å².